The van der Waals surface area contributed by atoms with Gasteiger partial charge in [-0.05, 0) is 55.2 Å². The number of carbonyl (C=O) groups is 1. The highest BCUT2D eigenvalue weighted by atomic mass is 16.5. The zero-order valence-corrected chi connectivity index (χ0v) is 14.8. The van der Waals surface area contributed by atoms with Crippen molar-refractivity contribution in [3.8, 4) is 11.8 Å². The number of pyridine rings is 1. The molecule has 0 spiro atoms. The molecule has 6 nitrogen and oxygen atoms in total. The van der Waals surface area contributed by atoms with Crippen molar-refractivity contribution in [2.45, 2.75) is 12.8 Å². The van der Waals surface area contributed by atoms with Crippen molar-refractivity contribution in [1.82, 2.24) is 10.3 Å². The fourth-order valence-corrected chi connectivity index (χ4v) is 3.17. The van der Waals surface area contributed by atoms with Crippen LogP contribution in [0.2, 0.25) is 0 Å². The molecule has 0 saturated carbocycles. The van der Waals surface area contributed by atoms with Gasteiger partial charge < -0.3 is 15.0 Å². The number of nitrogens with one attached hydrogen (secondary N) is 1. The largest absolute Gasteiger partial charge is 0.497 e. The number of rotatable bonds is 5. The molecule has 1 aliphatic heterocycles. The number of amides is 1. The zero-order chi connectivity index (χ0) is 18.4. The van der Waals surface area contributed by atoms with Gasteiger partial charge in [-0.3, -0.25) is 4.79 Å². The van der Waals surface area contributed by atoms with Crippen LogP contribution < -0.4 is 15.0 Å². The number of aromatic nitrogens is 1. The van der Waals surface area contributed by atoms with Crippen LogP contribution in [0.15, 0.2) is 42.6 Å². The molecule has 1 amide bonds. The Morgan fingerprint density at radius 3 is 2.69 bits per heavy atom. The fourth-order valence-electron chi connectivity index (χ4n) is 3.17. The van der Waals surface area contributed by atoms with E-state index in [4.69, 9.17) is 4.74 Å². The van der Waals surface area contributed by atoms with Crippen molar-refractivity contribution < 1.29 is 9.53 Å². The Morgan fingerprint density at radius 1 is 1.31 bits per heavy atom. The smallest absolute Gasteiger partial charge is 0.251 e. The molecule has 0 unspecified atom stereocenters. The molecule has 1 N–H and O–H groups in total. The summed E-state index contributed by atoms with van der Waals surface area (Å²) in [4.78, 5) is 18.8. The van der Waals surface area contributed by atoms with Crippen molar-refractivity contribution in [3.05, 3.63) is 53.7 Å². The maximum atomic E-state index is 12.2. The van der Waals surface area contributed by atoms with Crippen LogP contribution in [0.3, 0.4) is 0 Å². The van der Waals surface area contributed by atoms with Gasteiger partial charge in [-0.25, -0.2) is 4.98 Å². The Morgan fingerprint density at radius 2 is 2.04 bits per heavy atom. The van der Waals surface area contributed by atoms with E-state index in [2.05, 4.69) is 21.3 Å². The van der Waals surface area contributed by atoms with Gasteiger partial charge in [-0.15, -0.1) is 0 Å². The SMILES string of the molecule is COc1ccc(C(=O)NCC2CCN(c3ncccc3C#N)CC2)cc1. The number of carbonyl (C=O) groups excluding carboxylic acids is 1. The fraction of sp³-hybridized carbons (Fsp3) is 0.350. The highest BCUT2D eigenvalue weighted by Gasteiger charge is 2.22. The monoisotopic (exact) mass is 350 g/mol. The summed E-state index contributed by atoms with van der Waals surface area (Å²) in [6, 6.07) is 12.9. The summed E-state index contributed by atoms with van der Waals surface area (Å²) < 4.78 is 5.11. The lowest BCUT2D eigenvalue weighted by molar-refractivity contribution is 0.0945. The lowest BCUT2D eigenvalue weighted by Gasteiger charge is -2.33. The van der Waals surface area contributed by atoms with Gasteiger partial charge in [0.2, 0.25) is 0 Å². The van der Waals surface area contributed by atoms with Crippen LogP contribution in [-0.4, -0.2) is 37.6 Å². The van der Waals surface area contributed by atoms with E-state index in [9.17, 15) is 10.1 Å². The normalized spacial score (nSPS) is 14.5. The summed E-state index contributed by atoms with van der Waals surface area (Å²) in [6.07, 6.45) is 3.64. The molecular formula is C20H22N4O2. The van der Waals surface area contributed by atoms with E-state index >= 15 is 0 Å². The quantitative estimate of drug-likeness (QED) is 0.897. The first-order valence-corrected chi connectivity index (χ1v) is 8.73. The van der Waals surface area contributed by atoms with E-state index in [0.717, 1.165) is 37.5 Å². The van der Waals surface area contributed by atoms with Gasteiger partial charge in [0.05, 0.1) is 12.7 Å². The van der Waals surface area contributed by atoms with Crippen molar-refractivity contribution in [2.24, 2.45) is 5.92 Å². The second-order valence-corrected chi connectivity index (χ2v) is 6.36. The first kappa shape index (κ1) is 17.7. The van der Waals surface area contributed by atoms with E-state index in [-0.39, 0.29) is 5.91 Å². The molecule has 0 radical (unpaired) electrons. The molecule has 0 bridgehead atoms. The highest BCUT2D eigenvalue weighted by molar-refractivity contribution is 5.94. The molecule has 134 valence electrons. The molecule has 2 heterocycles. The summed E-state index contributed by atoms with van der Waals surface area (Å²) in [5, 5.41) is 12.2. The minimum absolute atomic E-state index is 0.0634. The van der Waals surface area contributed by atoms with Crippen LogP contribution in [0.25, 0.3) is 0 Å². The van der Waals surface area contributed by atoms with E-state index in [0.29, 0.717) is 23.6 Å². The summed E-state index contributed by atoms with van der Waals surface area (Å²) in [5.74, 6) is 1.87. The van der Waals surface area contributed by atoms with Gasteiger partial charge >= 0.3 is 0 Å². The lowest BCUT2D eigenvalue weighted by Crippen LogP contribution is -2.39. The Kier molecular flexibility index (Phi) is 5.69. The van der Waals surface area contributed by atoms with Crippen LogP contribution >= 0.6 is 0 Å². The van der Waals surface area contributed by atoms with Crippen molar-refractivity contribution in [2.75, 3.05) is 31.6 Å². The van der Waals surface area contributed by atoms with Crippen LogP contribution in [0.1, 0.15) is 28.8 Å². The predicted molar refractivity (Wildman–Crippen MR) is 99.2 cm³/mol. The third-order valence-corrected chi connectivity index (χ3v) is 4.72. The van der Waals surface area contributed by atoms with Gasteiger partial charge in [0.15, 0.2) is 0 Å². The summed E-state index contributed by atoms with van der Waals surface area (Å²) in [5.41, 5.74) is 1.24. The molecule has 6 heteroatoms. The Balaban J connectivity index is 1.49. The van der Waals surface area contributed by atoms with Crippen molar-refractivity contribution in [3.63, 3.8) is 0 Å². The van der Waals surface area contributed by atoms with E-state index in [1.807, 2.05) is 0 Å². The number of anilines is 1. The first-order chi connectivity index (χ1) is 12.7. The highest BCUT2D eigenvalue weighted by Crippen LogP contribution is 2.23. The standard InChI is InChI=1S/C20H22N4O2/c1-26-18-6-4-16(5-7-18)20(25)23-14-15-8-11-24(12-9-15)19-17(13-21)3-2-10-22-19/h2-7,10,15H,8-9,11-12,14H2,1H3,(H,23,25). The number of hydrogen-bond donors (Lipinski definition) is 1. The molecule has 1 saturated heterocycles. The molecule has 2 aromatic rings. The van der Waals surface area contributed by atoms with Crippen LogP contribution in [-0.2, 0) is 0 Å². The minimum Gasteiger partial charge on any atom is -0.497 e. The van der Waals surface area contributed by atoms with Crippen LogP contribution in [0.4, 0.5) is 5.82 Å². The van der Waals surface area contributed by atoms with Crippen molar-refractivity contribution in [1.29, 1.82) is 5.26 Å². The number of ether oxygens (including phenoxy) is 1. The van der Waals surface area contributed by atoms with Crippen molar-refractivity contribution >= 4 is 11.7 Å². The number of methoxy groups -OCH3 is 1. The molecule has 26 heavy (non-hydrogen) atoms. The van der Waals surface area contributed by atoms with Gasteiger partial charge in [-0.2, -0.15) is 5.26 Å². The zero-order valence-electron chi connectivity index (χ0n) is 14.8. The maximum absolute atomic E-state index is 12.2. The van der Waals surface area contributed by atoms with Gasteiger partial charge in [0.25, 0.3) is 5.91 Å². The Bertz CT molecular complexity index is 790. The molecule has 0 aliphatic carbocycles. The molecule has 1 aliphatic rings. The summed E-state index contributed by atoms with van der Waals surface area (Å²) >= 11 is 0. The van der Waals surface area contributed by atoms with Gasteiger partial charge in [0, 0.05) is 31.4 Å². The van der Waals surface area contributed by atoms with E-state index < -0.39 is 0 Å². The van der Waals surface area contributed by atoms with E-state index in [1.54, 1.807) is 49.7 Å². The van der Waals surface area contributed by atoms with Gasteiger partial charge in [-0.1, -0.05) is 0 Å². The number of nitrogens with zero attached hydrogens (tertiary/aromatic N) is 3. The van der Waals surface area contributed by atoms with Crippen LogP contribution in [0.5, 0.6) is 5.75 Å². The number of nitriles is 1. The number of piperidine rings is 1. The maximum Gasteiger partial charge on any atom is 0.251 e. The third kappa shape index (κ3) is 4.12. The summed E-state index contributed by atoms with van der Waals surface area (Å²) in [7, 11) is 1.60. The second-order valence-electron chi connectivity index (χ2n) is 6.36. The van der Waals surface area contributed by atoms with Crippen LogP contribution in [0, 0.1) is 17.2 Å². The topological polar surface area (TPSA) is 78.2 Å². The number of benzene rings is 1. The average Bonchev–Trinajstić information content (AvgIpc) is 2.72. The average molecular weight is 350 g/mol. The van der Waals surface area contributed by atoms with E-state index in [1.165, 1.54) is 0 Å². The molecule has 0 atom stereocenters. The first-order valence-electron chi connectivity index (χ1n) is 8.73. The molecule has 1 aromatic carbocycles. The summed E-state index contributed by atoms with van der Waals surface area (Å²) in [6.45, 7) is 2.34. The Labute approximate surface area is 153 Å². The molecule has 3 rings (SSSR count). The predicted octanol–water partition coefficient (Wildman–Crippen LogP) is 2.61. The molecule has 1 aromatic heterocycles. The lowest BCUT2D eigenvalue weighted by atomic mass is 9.96. The second kappa shape index (κ2) is 8.34. The Hall–Kier alpha value is -3.07. The molecular weight excluding hydrogens is 328 g/mol. The number of hydrogen-bond acceptors (Lipinski definition) is 5. The molecule has 1 fully saturated rings. The third-order valence-electron chi connectivity index (χ3n) is 4.72. The minimum atomic E-state index is -0.0634. The van der Waals surface area contributed by atoms with Gasteiger partial charge in [0.1, 0.15) is 17.6 Å².